The summed E-state index contributed by atoms with van der Waals surface area (Å²) in [7, 11) is 3.24. The van der Waals surface area contributed by atoms with E-state index in [1.54, 1.807) is 14.2 Å². The maximum Gasteiger partial charge on any atom is 0.141 e. The Labute approximate surface area is 114 Å². The highest BCUT2D eigenvalue weighted by Crippen LogP contribution is 2.33. The van der Waals surface area contributed by atoms with Gasteiger partial charge in [0.25, 0.3) is 0 Å². The smallest absolute Gasteiger partial charge is 0.141 e. The lowest BCUT2D eigenvalue weighted by molar-refractivity contribution is 0.390. The first-order chi connectivity index (χ1) is 8.62. The molecule has 0 bridgehead atoms. The van der Waals surface area contributed by atoms with E-state index in [0.29, 0.717) is 10.8 Å². The molecule has 1 unspecified atom stereocenters. The van der Waals surface area contributed by atoms with Crippen LogP contribution in [-0.2, 0) is 6.42 Å². The van der Waals surface area contributed by atoms with E-state index >= 15 is 0 Å². The van der Waals surface area contributed by atoms with Gasteiger partial charge in [0.05, 0.1) is 19.2 Å². The van der Waals surface area contributed by atoms with Gasteiger partial charge in [0.1, 0.15) is 11.5 Å². The maximum atomic E-state index is 6.13. The van der Waals surface area contributed by atoms with Gasteiger partial charge in [-0.15, -0.1) is 5.92 Å². The first-order valence-corrected chi connectivity index (χ1v) is 6.38. The van der Waals surface area contributed by atoms with Crippen LogP contribution >= 0.6 is 11.6 Å². The molecule has 0 aliphatic carbocycles. The lowest BCUT2D eigenvalue weighted by atomic mass is 10.0. The van der Waals surface area contributed by atoms with Crippen molar-refractivity contribution in [3.63, 3.8) is 0 Å². The average Bonchev–Trinajstić information content (AvgIpc) is 2.36. The van der Waals surface area contributed by atoms with Crippen LogP contribution in [0.4, 0.5) is 0 Å². The van der Waals surface area contributed by atoms with Crippen LogP contribution in [0.25, 0.3) is 0 Å². The molecule has 98 valence electrons. The average molecular weight is 267 g/mol. The molecule has 0 fully saturated rings. The third-order valence-electron chi connectivity index (χ3n) is 2.61. The van der Waals surface area contributed by atoms with Crippen molar-refractivity contribution in [1.82, 2.24) is 0 Å². The molecule has 2 nitrogen and oxygen atoms in total. The second-order valence-electron chi connectivity index (χ2n) is 4.08. The number of hydrogen-bond donors (Lipinski definition) is 0. The van der Waals surface area contributed by atoms with E-state index in [0.717, 1.165) is 24.2 Å². The topological polar surface area (TPSA) is 18.5 Å². The summed E-state index contributed by atoms with van der Waals surface area (Å²) in [6.45, 7) is 4.14. The zero-order valence-corrected chi connectivity index (χ0v) is 12.1. The van der Waals surface area contributed by atoms with E-state index in [9.17, 15) is 0 Å². The largest absolute Gasteiger partial charge is 0.496 e. The highest BCUT2D eigenvalue weighted by Gasteiger charge is 2.11. The fourth-order valence-corrected chi connectivity index (χ4v) is 2.00. The minimum absolute atomic E-state index is 0.281. The molecule has 0 saturated carbocycles. The van der Waals surface area contributed by atoms with Crippen LogP contribution in [-0.4, -0.2) is 14.2 Å². The summed E-state index contributed by atoms with van der Waals surface area (Å²) in [5, 5.41) is 0.601. The molecule has 1 aromatic carbocycles. The first-order valence-electron chi connectivity index (χ1n) is 6.01. The van der Waals surface area contributed by atoms with E-state index in [2.05, 4.69) is 18.8 Å². The highest BCUT2D eigenvalue weighted by molar-refractivity contribution is 6.32. The van der Waals surface area contributed by atoms with Crippen molar-refractivity contribution in [2.45, 2.75) is 26.7 Å². The Hall–Kier alpha value is -1.33. The molecule has 1 aromatic rings. The molecule has 0 amide bonds. The molecule has 0 radical (unpaired) electrons. The number of ether oxygens (including phenoxy) is 2. The van der Waals surface area contributed by atoms with Crippen LogP contribution in [0.5, 0.6) is 11.5 Å². The van der Waals surface area contributed by atoms with E-state index in [1.165, 1.54) is 0 Å². The van der Waals surface area contributed by atoms with Gasteiger partial charge in [-0.3, -0.25) is 0 Å². The van der Waals surface area contributed by atoms with Crippen molar-refractivity contribution in [3.8, 4) is 23.3 Å². The zero-order chi connectivity index (χ0) is 13.5. The van der Waals surface area contributed by atoms with Crippen LogP contribution < -0.4 is 9.47 Å². The number of rotatable bonds is 4. The van der Waals surface area contributed by atoms with Crippen LogP contribution in [0.1, 0.15) is 25.8 Å². The summed E-state index contributed by atoms with van der Waals surface area (Å²) in [5.41, 5.74) is 1.06. The van der Waals surface area contributed by atoms with Gasteiger partial charge < -0.3 is 9.47 Å². The quantitative estimate of drug-likeness (QED) is 0.769. The van der Waals surface area contributed by atoms with Crippen LogP contribution in [0.3, 0.4) is 0 Å². The third-order valence-corrected chi connectivity index (χ3v) is 2.90. The first kappa shape index (κ1) is 14.7. The molecule has 0 heterocycles. The predicted octanol–water partition coefficient (Wildman–Crippen LogP) is 3.95. The van der Waals surface area contributed by atoms with Crippen molar-refractivity contribution in [2.24, 2.45) is 5.92 Å². The molecule has 0 aliphatic rings. The van der Waals surface area contributed by atoms with Crippen molar-refractivity contribution >= 4 is 11.6 Å². The van der Waals surface area contributed by atoms with E-state index in [4.69, 9.17) is 21.1 Å². The zero-order valence-electron chi connectivity index (χ0n) is 11.3. The molecule has 18 heavy (non-hydrogen) atoms. The van der Waals surface area contributed by atoms with Gasteiger partial charge >= 0.3 is 0 Å². The summed E-state index contributed by atoms with van der Waals surface area (Å²) in [6.07, 6.45) is 1.70. The molecule has 0 N–H and O–H groups in total. The Balaban J connectivity index is 2.97. The Bertz CT molecular complexity index is 458. The van der Waals surface area contributed by atoms with E-state index in [-0.39, 0.29) is 5.92 Å². The van der Waals surface area contributed by atoms with Crippen molar-refractivity contribution < 1.29 is 9.47 Å². The molecule has 1 rings (SSSR count). The van der Waals surface area contributed by atoms with Gasteiger partial charge in [-0.2, -0.15) is 0 Å². The molecule has 3 heteroatoms. The van der Waals surface area contributed by atoms with Crippen molar-refractivity contribution in [2.75, 3.05) is 14.2 Å². The number of hydrogen-bond acceptors (Lipinski definition) is 2. The fourth-order valence-electron chi connectivity index (χ4n) is 1.74. The van der Waals surface area contributed by atoms with Gasteiger partial charge in [-0.05, 0) is 18.1 Å². The standard InChI is InChI=1S/C15H19ClO2/c1-5-6-7-11(2)8-12-9-13(16)15(18-4)10-14(12)17-3/h9-11H,5,8H2,1-4H3. The van der Waals surface area contributed by atoms with Gasteiger partial charge in [0.2, 0.25) is 0 Å². The summed E-state index contributed by atoms with van der Waals surface area (Å²) in [5.74, 6) is 8.00. The molecule has 0 spiro atoms. The molecule has 0 aromatic heterocycles. The highest BCUT2D eigenvalue weighted by atomic mass is 35.5. The monoisotopic (exact) mass is 266 g/mol. The maximum absolute atomic E-state index is 6.13. The minimum Gasteiger partial charge on any atom is -0.496 e. The van der Waals surface area contributed by atoms with Crippen LogP contribution in [0.15, 0.2) is 12.1 Å². The molecule has 1 atom stereocenters. The van der Waals surface area contributed by atoms with E-state index in [1.807, 2.05) is 19.1 Å². The van der Waals surface area contributed by atoms with Gasteiger partial charge in [0, 0.05) is 18.4 Å². The lowest BCUT2D eigenvalue weighted by Gasteiger charge is -2.13. The summed E-state index contributed by atoms with van der Waals surface area (Å²) >= 11 is 6.13. The molecular formula is C15H19ClO2. The second-order valence-corrected chi connectivity index (χ2v) is 4.49. The van der Waals surface area contributed by atoms with Crippen molar-refractivity contribution in [3.05, 3.63) is 22.7 Å². The Morgan fingerprint density at radius 3 is 2.44 bits per heavy atom. The van der Waals surface area contributed by atoms with E-state index < -0.39 is 0 Å². The molecular weight excluding hydrogens is 248 g/mol. The number of methoxy groups -OCH3 is 2. The normalized spacial score (nSPS) is 11.4. The predicted molar refractivity (Wildman–Crippen MR) is 75.5 cm³/mol. The van der Waals surface area contributed by atoms with Gasteiger partial charge in [-0.25, -0.2) is 0 Å². The summed E-state index contributed by atoms with van der Waals surface area (Å²) in [4.78, 5) is 0. The molecule has 0 aliphatic heterocycles. The Morgan fingerprint density at radius 1 is 1.22 bits per heavy atom. The lowest BCUT2D eigenvalue weighted by Crippen LogP contribution is -2.00. The Morgan fingerprint density at radius 2 is 1.89 bits per heavy atom. The number of halogens is 1. The van der Waals surface area contributed by atoms with Gasteiger partial charge in [0.15, 0.2) is 0 Å². The number of benzene rings is 1. The SMILES string of the molecule is CCC#CC(C)Cc1cc(Cl)c(OC)cc1OC. The minimum atomic E-state index is 0.281. The summed E-state index contributed by atoms with van der Waals surface area (Å²) < 4.78 is 10.5. The van der Waals surface area contributed by atoms with Crippen LogP contribution in [0, 0.1) is 17.8 Å². The fraction of sp³-hybridized carbons (Fsp3) is 0.467. The molecule has 0 saturated heterocycles. The Kier molecular flexibility index (Phi) is 5.88. The van der Waals surface area contributed by atoms with Crippen molar-refractivity contribution in [1.29, 1.82) is 0 Å². The van der Waals surface area contributed by atoms with Gasteiger partial charge in [-0.1, -0.05) is 31.4 Å². The summed E-state index contributed by atoms with van der Waals surface area (Å²) in [6, 6.07) is 3.71. The van der Waals surface area contributed by atoms with Crippen LogP contribution in [0.2, 0.25) is 5.02 Å². The third kappa shape index (κ3) is 3.85. The second kappa shape index (κ2) is 7.18.